The number of thiocarbonyl (C=S) groups is 1. The molecule has 1 atom stereocenters. The molecular weight excluding hydrogens is 194 g/mol. The molecule has 0 aliphatic heterocycles. The van der Waals surface area contributed by atoms with E-state index in [2.05, 4.69) is 22.4 Å². The molecule has 0 amide bonds. The van der Waals surface area contributed by atoms with Gasteiger partial charge in [0.05, 0.1) is 5.16 Å². The van der Waals surface area contributed by atoms with Gasteiger partial charge in [-0.3, -0.25) is 0 Å². The van der Waals surface area contributed by atoms with Crippen molar-refractivity contribution in [2.45, 2.75) is 12.1 Å². The number of aliphatic imine (C=N–C) groups is 1. The molecule has 0 aromatic heterocycles. The van der Waals surface area contributed by atoms with Gasteiger partial charge < -0.3 is 11.5 Å². The van der Waals surface area contributed by atoms with Crippen molar-refractivity contribution in [3.63, 3.8) is 0 Å². The summed E-state index contributed by atoms with van der Waals surface area (Å²) < 4.78 is 0. The maximum absolute atomic E-state index is 5.92. The number of isothiocyanates is 1. The van der Waals surface area contributed by atoms with E-state index in [9.17, 15) is 0 Å². The zero-order valence-corrected chi connectivity index (χ0v) is 8.63. The van der Waals surface area contributed by atoms with Gasteiger partial charge in [-0.05, 0) is 17.8 Å². The molecule has 0 spiro atoms. The lowest BCUT2D eigenvalue weighted by Gasteiger charge is -2.21. The second kappa shape index (κ2) is 4.98. The molecule has 3 nitrogen and oxygen atoms in total. The molecule has 4 N–H and O–H groups in total. The van der Waals surface area contributed by atoms with Crippen LogP contribution >= 0.6 is 12.2 Å². The van der Waals surface area contributed by atoms with Gasteiger partial charge in [-0.25, -0.2) is 4.99 Å². The van der Waals surface area contributed by atoms with Crippen molar-refractivity contribution in [3.8, 4) is 0 Å². The molecule has 0 heterocycles. The molecule has 1 aromatic carbocycles. The maximum Gasteiger partial charge on any atom is 0.134 e. The van der Waals surface area contributed by atoms with Crippen LogP contribution in [0.3, 0.4) is 0 Å². The SMILES string of the molecule is NCC(N)(Cc1ccccc1)N=C=S. The van der Waals surface area contributed by atoms with E-state index in [1.54, 1.807) is 0 Å². The van der Waals surface area contributed by atoms with Crippen LogP contribution in [-0.4, -0.2) is 17.4 Å². The number of hydrogen-bond donors (Lipinski definition) is 2. The molecule has 4 heteroatoms. The Balaban J connectivity index is 2.80. The topological polar surface area (TPSA) is 64.4 Å². The third-order valence-corrected chi connectivity index (χ3v) is 2.07. The highest BCUT2D eigenvalue weighted by molar-refractivity contribution is 7.78. The van der Waals surface area contributed by atoms with Crippen molar-refractivity contribution < 1.29 is 0 Å². The van der Waals surface area contributed by atoms with E-state index < -0.39 is 5.66 Å². The molecule has 0 saturated carbocycles. The number of benzene rings is 1. The quantitative estimate of drug-likeness (QED) is 0.570. The van der Waals surface area contributed by atoms with Gasteiger partial charge in [0.25, 0.3) is 0 Å². The molecule has 0 saturated heterocycles. The van der Waals surface area contributed by atoms with E-state index >= 15 is 0 Å². The molecule has 0 radical (unpaired) electrons. The second-order valence-electron chi connectivity index (χ2n) is 3.17. The lowest BCUT2D eigenvalue weighted by atomic mass is 10.0. The second-order valence-corrected chi connectivity index (χ2v) is 3.36. The van der Waals surface area contributed by atoms with Crippen molar-refractivity contribution >= 4 is 17.4 Å². The van der Waals surface area contributed by atoms with Crippen molar-refractivity contribution in [3.05, 3.63) is 35.9 Å². The van der Waals surface area contributed by atoms with Crippen molar-refractivity contribution in [1.29, 1.82) is 0 Å². The summed E-state index contributed by atoms with van der Waals surface area (Å²) in [5.41, 5.74) is 11.7. The lowest BCUT2D eigenvalue weighted by molar-refractivity contribution is 0.457. The summed E-state index contributed by atoms with van der Waals surface area (Å²) in [6.07, 6.45) is 0.577. The highest BCUT2D eigenvalue weighted by Gasteiger charge is 2.21. The fraction of sp³-hybridized carbons (Fsp3) is 0.300. The average molecular weight is 207 g/mol. The van der Waals surface area contributed by atoms with E-state index in [4.69, 9.17) is 11.5 Å². The first-order valence-corrected chi connectivity index (χ1v) is 4.73. The zero-order chi connectivity index (χ0) is 10.4. The molecule has 0 fully saturated rings. The van der Waals surface area contributed by atoms with Crippen LogP contribution in [0.2, 0.25) is 0 Å². The number of nitrogens with zero attached hydrogens (tertiary/aromatic N) is 1. The van der Waals surface area contributed by atoms with Gasteiger partial charge in [-0.1, -0.05) is 30.3 Å². The largest absolute Gasteiger partial charge is 0.327 e. The minimum atomic E-state index is -0.816. The monoisotopic (exact) mass is 207 g/mol. The standard InChI is InChI=1S/C10H13N3S/c11-7-10(12,13-8-14)6-9-4-2-1-3-5-9/h1-5H,6-7,11-12H2. The Morgan fingerprint density at radius 3 is 2.50 bits per heavy atom. The van der Waals surface area contributed by atoms with Gasteiger partial charge in [0.15, 0.2) is 0 Å². The predicted molar refractivity (Wildman–Crippen MR) is 61.1 cm³/mol. The Labute approximate surface area is 88.8 Å². The van der Waals surface area contributed by atoms with E-state index in [0.29, 0.717) is 6.42 Å². The third kappa shape index (κ3) is 3.01. The number of hydrogen-bond acceptors (Lipinski definition) is 4. The predicted octanol–water partition coefficient (Wildman–Crippen LogP) is 0.946. The summed E-state index contributed by atoms with van der Waals surface area (Å²) in [5, 5.41) is 2.28. The van der Waals surface area contributed by atoms with Crippen LogP contribution in [0.1, 0.15) is 5.56 Å². The fourth-order valence-corrected chi connectivity index (χ4v) is 1.38. The smallest absolute Gasteiger partial charge is 0.134 e. The van der Waals surface area contributed by atoms with Crippen LogP contribution in [-0.2, 0) is 6.42 Å². The summed E-state index contributed by atoms with van der Waals surface area (Å²) in [4.78, 5) is 3.89. The fourth-order valence-electron chi connectivity index (χ4n) is 1.20. The molecule has 74 valence electrons. The summed E-state index contributed by atoms with van der Waals surface area (Å²) >= 11 is 4.53. The first-order chi connectivity index (χ1) is 6.70. The first kappa shape index (κ1) is 11.0. The summed E-state index contributed by atoms with van der Waals surface area (Å²) in [6, 6.07) is 9.82. The summed E-state index contributed by atoms with van der Waals surface area (Å²) in [7, 11) is 0. The average Bonchev–Trinajstić information content (AvgIpc) is 2.20. The van der Waals surface area contributed by atoms with Gasteiger partial charge in [-0.15, -0.1) is 0 Å². The summed E-state index contributed by atoms with van der Waals surface area (Å²) in [6.45, 7) is 0.255. The molecular formula is C10H13N3S. The van der Waals surface area contributed by atoms with E-state index in [-0.39, 0.29) is 6.54 Å². The van der Waals surface area contributed by atoms with Gasteiger partial charge in [-0.2, -0.15) is 0 Å². The normalized spacial score (nSPS) is 14.1. The minimum absolute atomic E-state index is 0.255. The minimum Gasteiger partial charge on any atom is -0.327 e. The Morgan fingerprint density at radius 2 is 2.00 bits per heavy atom. The number of rotatable bonds is 4. The molecule has 1 aromatic rings. The first-order valence-electron chi connectivity index (χ1n) is 4.32. The van der Waals surface area contributed by atoms with Crippen LogP contribution < -0.4 is 11.5 Å². The van der Waals surface area contributed by atoms with Gasteiger partial charge in [0.2, 0.25) is 0 Å². The Hall–Kier alpha value is -1.06. The molecule has 0 aliphatic rings. The Morgan fingerprint density at radius 1 is 1.36 bits per heavy atom. The van der Waals surface area contributed by atoms with Crippen LogP contribution in [0.4, 0.5) is 0 Å². The Kier molecular flexibility index (Phi) is 3.92. The Bertz CT molecular complexity index is 332. The maximum atomic E-state index is 5.92. The van der Waals surface area contributed by atoms with Crippen molar-refractivity contribution in [2.24, 2.45) is 16.5 Å². The van der Waals surface area contributed by atoms with Gasteiger partial charge >= 0.3 is 0 Å². The molecule has 1 unspecified atom stereocenters. The summed E-state index contributed by atoms with van der Waals surface area (Å²) in [5.74, 6) is 0. The van der Waals surface area contributed by atoms with Crippen LogP contribution in [0.25, 0.3) is 0 Å². The van der Waals surface area contributed by atoms with Gasteiger partial charge in [0, 0.05) is 13.0 Å². The van der Waals surface area contributed by atoms with Crippen molar-refractivity contribution in [1.82, 2.24) is 0 Å². The zero-order valence-electron chi connectivity index (χ0n) is 7.81. The number of nitrogens with two attached hydrogens (primary N) is 2. The highest BCUT2D eigenvalue weighted by atomic mass is 32.1. The third-order valence-electron chi connectivity index (χ3n) is 1.97. The highest BCUT2D eigenvalue weighted by Crippen LogP contribution is 2.10. The van der Waals surface area contributed by atoms with Crippen molar-refractivity contribution in [2.75, 3.05) is 6.54 Å². The van der Waals surface area contributed by atoms with E-state index in [1.165, 1.54) is 0 Å². The van der Waals surface area contributed by atoms with Gasteiger partial charge in [0.1, 0.15) is 5.66 Å². The van der Waals surface area contributed by atoms with Crippen LogP contribution in [0.5, 0.6) is 0 Å². The lowest BCUT2D eigenvalue weighted by Crippen LogP contribution is -2.47. The van der Waals surface area contributed by atoms with Crippen LogP contribution in [0.15, 0.2) is 35.3 Å². The molecule has 0 bridgehead atoms. The van der Waals surface area contributed by atoms with E-state index in [1.807, 2.05) is 30.3 Å². The van der Waals surface area contributed by atoms with Crippen LogP contribution in [0, 0.1) is 0 Å². The van der Waals surface area contributed by atoms with E-state index in [0.717, 1.165) is 5.56 Å². The molecule has 0 aliphatic carbocycles. The molecule has 14 heavy (non-hydrogen) atoms. The molecule has 1 rings (SSSR count).